The molecule has 2 aromatic rings. The molecule has 0 saturated carbocycles. The molecule has 1 heterocycles. The van der Waals surface area contributed by atoms with Gasteiger partial charge in [-0.15, -0.1) is 0 Å². The highest BCUT2D eigenvalue weighted by molar-refractivity contribution is 6.19. The molecule has 3 rings (SSSR count). The molecule has 0 radical (unpaired) electrons. The second-order valence-electron chi connectivity index (χ2n) is 8.23. The number of benzene rings is 2. The predicted molar refractivity (Wildman–Crippen MR) is 125 cm³/mol. The van der Waals surface area contributed by atoms with Crippen molar-refractivity contribution in [2.45, 2.75) is 39.8 Å². The number of amides is 4. The molecule has 0 bridgehead atoms. The van der Waals surface area contributed by atoms with E-state index in [4.69, 9.17) is 9.47 Å². The lowest BCUT2D eigenvalue weighted by molar-refractivity contribution is -0.160. The van der Waals surface area contributed by atoms with Gasteiger partial charge >= 0.3 is 18.0 Å². The van der Waals surface area contributed by atoms with Crippen LogP contribution in [0.1, 0.15) is 58.5 Å². The highest BCUT2D eigenvalue weighted by Gasteiger charge is 2.55. The number of nitrogens with zero attached hydrogens (tertiary/aromatic N) is 2. The number of urea groups is 1. The summed E-state index contributed by atoms with van der Waals surface area (Å²) in [5, 5.41) is 0. The van der Waals surface area contributed by atoms with Crippen LogP contribution in [0.4, 0.5) is 4.79 Å². The Morgan fingerprint density at radius 2 is 1.03 bits per heavy atom. The number of esters is 2. The van der Waals surface area contributed by atoms with Crippen molar-refractivity contribution in [1.82, 2.24) is 9.80 Å². The largest absolute Gasteiger partial charge is 0.465 e. The molecule has 0 N–H and O–H groups in total. The molecule has 184 valence electrons. The first-order valence-corrected chi connectivity index (χ1v) is 11.2. The van der Waals surface area contributed by atoms with Gasteiger partial charge < -0.3 is 9.47 Å². The maximum atomic E-state index is 13.4. The lowest BCUT2D eigenvalue weighted by Crippen LogP contribution is -2.64. The van der Waals surface area contributed by atoms with E-state index in [-0.39, 0.29) is 25.9 Å². The Balaban J connectivity index is 1.92. The van der Waals surface area contributed by atoms with Gasteiger partial charge in [0.05, 0.1) is 38.4 Å². The van der Waals surface area contributed by atoms with Gasteiger partial charge in [0, 0.05) is 0 Å². The van der Waals surface area contributed by atoms with E-state index in [2.05, 4.69) is 0 Å². The van der Waals surface area contributed by atoms with Gasteiger partial charge in [-0.3, -0.25) is 19.4 Å². The second-order valence-corrected chi connectivity index (χ2v) is 8.23. The Hall–Kier alpha value is -4.01. The van der Waals surface area contributed by atoms with Gasteiger partial charge in [0.15, 0.2) is 0 Å². The van der Waals surface area contributed by atoms with Crippen molar-refractivity contribution in [3.05, 3.63) is 70.8 Å². The van der Waals surface area contributed by atoms with Gasteiger partial charge in [-0.05, 0) is 48.2 Å². The molecule has 0 aliphatic carbocycles. The van der Waals surface area contributed by atoms with Crippen LogP contribution < -0.4 is 0 Å². The fraction of sp³-hybridized carbons (Fsp3) is 0.346. The minimum Gasteiger partial charge on any atom is -0.465 e. The van der Waals surface area contributed by atoms with E-state index < -0.39 is 35.2 Å². The van der Waals surface area contributed by atoms with Gasteiger partial charge in [-0.25, -0.2) is 14.4 Å². The standard InChI is InChI=1S/C26H28N2O7/c1-5-26(6-2)23(31)27(15-17-7-11-19(12-8-17)21(29)34-3)25(33)28(24(26)32)16-18-9-13-20(14-10-18)22(30)35-4/h7-14H,5-6,15-16H2,1-4H3. The first-order chi connectivity index (χ1) is 16.7. The van der Waals surface area contributed by atoms with E-state index in [1.807, 2.05) is 0 Å². The lowest BCUT2D eigenvalue weighted by atomic mass is 9.77. The van der Waals surface area contributed by atoms with Crippen LogP contribution in [0.5, 0.6) is 0 Å². The fourth-order valence-corrected chi connectivity index (χ4v) is 4.15. The molecule has 0 aromatic heterocycles. The number of carbonyl (C=O) groups excluding carboxylic acids is 5. The molecular formula is C26H28N2O7. The third kappa shape index (κ3) is 4.80. The van der Waals surface area contributed by atoms with E-state index in [0.717, 1.165) is 9.80 Å². The van der Waals surface area contributed by atoms with E-state index in [1.54, 1.807) is 62.4 Å². The number of methoxy groups -OCH3 is 2. The summed E-state index contributed by atoms with van der Waals surface area (Å²) in [6.07, 6.45) is 0.480. The normalized spacial score (nSPS) is 15.3. The molecule has 9 nitrogen and oxygen atoms in total. The molecule has 9 heteroatoms. The fourth-order valence-electron chi connectivity index (χ4n) is 4.15. The van der Waals surface area contributed by atoms with Crippen LogP contribution in [0.15, 0.2) is 48.5 Å². The minimum absolute atomic E-state index is 0.0497. The zero-order chi connectivity index (χ0) is 25.8. The monoisotopic (exact) mass is 480 g/mol. The number of imide groups is 2. The van der Waals surface area contributed by atoms with E-state index >= 15 is 0 Å². The molecule has 0 unspecified atom stereocenters. The van der Waals surface area contributed by atoms with Crippen molar-refractivity contribution >= 4 is 29.8 Å². The first kappa shape index (κ1) is 25.6. The van der Waals surface area contributed by atoms with Gasteiger partial charge in [0.2, 0.25) is 11.8 Å². The summed E-state index contributed by atoms with van der Waals surface area (Å²) in [6, 6.07) is 12.1. The van der Waals surface area contributed by atoms with Gasteiger partial charge in [0.1, 0.15) is 5.41 Å². The zero-order valence-electron chi connectivity index (χ0n) is 20.2. The van der Waals surface area contributed by atoms with Crippen LogP contribution in [0.2, 0.25) is 0 Å². The number of ether oxygens (including phenoxy) is 2. The smallest absolute Gasteiger partial charge is 0.337 e. The van der Waals surface area contributed by atoms with Crippen molar-refractivity contribution in [3.63, 3.8) is 0 Å². The van der Waals surface area contributed by atoms with E-state index in [1.165, 1.54) is 14.2 Å². The highest BCUT2D eigenvalue weighted by Crippen LogP contribution is 2.37. The van der Waals surface area contributed by atoms with Crippen LogP contribution in [0.3, 0.4) is 0 Å². The highest BCUT2D eigenvalue weighted by atomic mass is 16.5. The summed E-state index contributed by atoms with van der Waals surface area (Å²) < 4.78 is 9.40. The van der Waals surface area contributed by atoms with Crippen molar-refractivity contribution in [2.75, 3.05) is 14.2 Å². The first-order valence-electron chi connectivity index (χ1n) is 11.2. The topological polar surface area (TPSA) is 110 Å². The van der Waals surface area contributed by atoms with Crippen molar-refractivity contribution in [1.29, 1.82) is 0 Å². The Labute approximate surface area is 203 Å². The van der Waals surface area contributed by atoms with Crippen LogP contribution in [0.25, 0.3) is 0 Å². The van der Waals surface area contributed by atoms with Gasteiger partial charge in [0.25, 0.3) is 0 Å². The number of barbiturate groups is 1. The molecule has 1 saturated heterocycles. The summed E-state index contributed by atoms with van der Waals surface area (Å²) in [4.78, 5) is 65.8. The molecule has 1 aliphatic heterocycles. The van der Waals surface area contributed by atoms with Crippen LogP contribution >= 0.6 is 0 Å². The van der Waals surface area contributed by atoms with Crippen LogP contribution in [-0.4, -0.2) is 53.8 Å². The second kappa shape index (κ2) is 10.5. The molecule has 1 aliphatic rings. The maximum Gasteiger partial charge on any atom is 0.337 e. The van der Waals surface area contributed by atoms with Crippen molar-refractivity contribution in [3.8, 4) is 0 Å². The van der Waals surface area contributed by atoms with Crippen LogP contribution in [0, 0.1) is 5.41 Å². The Morgan fingerprint density at radius 1 is 0.686 bits per heavy atom. The van der Waals surface area contributed by atoms with Gasteiger partial charge in [-0.2, -0.15) is 0 Å². The predicted octanol–water partition coefficient (Wildman–Crippen LogP) is 3.56. The van der Waals surface area contributed by atoms with E-state index in [9.17, 15) is 24.0 Å². The Bertz CT molecular complexity index is 1050. The number of hydrogen-bond acceptors (Lipinski definition) is 7. The molecule has 35 heavy (non-hydrogen) atoms. The van der Waals surface area contributed by atoms with Crippen molar-refractivity contribution < 1.29 is 33.4 Å². The quantitative estimate of drug-likeness (QED) is 0.420. The number of rotatable bonds is 8. The number of hydrogen-bond donors (Lipinski definition) is 0. The molecule has 0 spiro atoms. The SMILES string of the molecule is CCC1(CC)C(=O)N(Cc2ccc(C(=O)OC)cc2)C(=O)N(Cc2ccc(C(=O)OC)cc2)C1=O. The summed E-state index contributed by atoms with van der Waals surface area (Å²) in [6.45, 7) is 3.40. The molecule has 2 aromatic carbocycles. The zero-order valence-corrected chi connectivity index (χ0v) is 20.2. The molecular weight excluding hydrogens is 452 g/mol. The van der Waals surface area contributed by atoms with Crippen LogP contribution in [-0.2, 0) is 32.2 Å². The van der Waals surface area contributed by atoms with E-state index in [0.29, 0.717) is 22.3 Å². The van der Waals surface area contributed by atoms with Gasteiger partial charge in [-0.1, -0.05) is 38.1 Å². The molecule has 1 fully saturated rings. The summed E-state index contributed by atoms with van der Waals surface area (Å²) >= 11 is 0. The van der Waals surface area contributed by atoms with Crippen molar-refractivity contribution in [2.24, 2.45) is 5.41 Å². The molecule has 4 amide bonds. The maximum absolute atomic E-state index is 13.4. The average molecular weight is 481 g/mol. The summed E-state index contributed by atoms with van der Waals surface area (Å²) in [7, 11) is 2.57. The Morgan fingerprint density at radius 3 is 1.31 bits per heavy atom. The third-order valence-corrected chi connectivity index (χ3v) is 6.41. The Kier molecular flexibility index (Phi) is 7.68. The lowest BCUT2D eigenvalue weighted by Gasteiger charge is -2.43. The minimum atomic E-state index is -1.36. The summed E-state index contributed by atoms with van der Waals surface area (Å²) in [5.41, 5.74) is 0.577. The molecule has 0 atom stereocenters. The summed E-state index contributed by atoms with van der Waals surface area (Å²) in [5.74, 6) is -2.06. The number of carbonyl (C=O) groups is 5. The average Bonchev–Trinajstić information content (AvgIpc) is 2.89. The third-order valence-electron chi connectivity index (χ3n) is 6.41.